The summed E-state index contributed by atoms with van der Waals surface area (Å²) in [6.07, 6.45) is 12.3. The zero-order chi connectivity index (χ0) is 22.2. The van der Waals surface area contributed by atoms with Crippen LogP contribution in [0.5, 0.6) is 0 Å². The third-order valence-electron chi connectivity index (χ3n) is 9.12. The number of allylic oxidation sites excluding steroid dienone is 3. The van der Waals surface area contributed by atoms with E-state index >= 15 is 0 Å². The number of fused-ring (bicyclic) bond motifs is 1. The molecule has 3 aliphatic carbocycles. The number of rotatable bonds is 4. The summed E-state index contributed by atoms with van der Waals surface area (Å²) in [6.45, 7) is 13.7. The zero-order valence-corrected chi connectivity index (χ0v) is 20.3. The molecule has 176 valence electrons. The lowest BCUT2D eigenvalue weighted by molar-refractivity contribution is -0.0638. The van der Waals surface area contributed by atoms with Gasteiger partial charge in [0.15, 0.2) is 0 Å². The number of nitrogens with zero attached hydrogens (tertiary/aromatic N) is 1. The summed E-state index contributed by atoms with van der Waals surface area (Å²) < 4.78 is 5.75. The van der Waals surface area contributed by atoms with Gasteiger partial charge >= 0.3 is 0 Å². The average Bonchev–Trinajstić information content (AvgIpc) is 3.05. The van der Waals surface area contributed by atoms with Crippen molar-refractivity contribution in [3.05, 3.63) is 23.3 Å². The molecular formula is C27H45NO3. The Labute approximate surface area is 189 Å². The molecule has 4 aliphatic rings. The predicted octanol–water partition coefficient (Wildman–Crippen LogP) is 4.71. The standard InChI is InChI=1S/C27H45NO3/c1-19(17-28-12-13-31-18-26(28,2)3)24-9-10-25-21(6-5-11-27(24,25)4)8-7-20-14-22(29)16-23(30)15-20/h7-8,19,22-25,29-30H,5-6,9-18H2,1-4H3/t19?,22-,23-,24-,25+,27-/m1/s1. The molecule has 1 aliphatic heterocycles. The van der Waals surface area contributed by atoms with Gasteiger partial charge in [-0.2, -0.15) is 0 Å². The number of hydrogen-bond acceptors (Lipinski definition) is 4. The highest BCUT2D eigenvalue weighted by molar-refractivity contribution is 5.26. The molecule has 0 radical (unpaired) electrons. The van der Waals surface area contributed by atoms with E-state index in [1.165, 1.54) is 44.2 Å². The highest BCUT2D eigenvalue weighted by Gasteiger charge is 2.51. The van der Waals surface area contributed by atoms with Gasteiger partial charge in [-0.05, 0) is 88.4 Å². The second kappa shape index (κ2) is 9.29. The minimum Gasteiger partial charge on any atom is -0.393 e. The summed E-state index contributed by atoms with van der Waals surface area (Å²) in [5, 5.41) is 20.0. The van der Waals surface area contributed by atoms with Crippen molar-refractivity contribution in [3.63, 3.8) is 0 Å². The molecule has 6 atom stereocenters. The molecule has 1 saturated heterocycles. The molecule has 1 heterocycles. The fourth-order valence-electron chi connectivity index (χ4n) is 7.45. The van der Waals surface area contributed by atoms with Gasteiger partial charge in [0.1, 0.15) is 0 Å². The van der Waals surface area contributed by atoms with Crippen LogP contribution >= 0.6 is 0 Å². The van der Waals surface area contributed by atoms with Gasteiger partial charge in [0, 0.05) is 18.6 Å². The molecule has 0 amide bonds. The van der Waals surface area contributed by atoms with Crippen LogP contribution in [-0.2, 0) is 4.74 Å². The van der Waals surface area contributed by atoms with Crippen LogP contribution in [-0.4, -0.2) is 59.2 Å². The van der Waals surface area contributed by atoms with Gasteiger partial charge in [-0.1, -0.05) is 37.1 Å². The molecule has 3 saturated carbocycles. The van der Waals surface area contributed by atoms with E-state index in [2.05, 4.69) is 44.7 Å². The minimum atomic E-state index is -0.383. The van der Waals surface area contributed by atoms with Crippen LogP contribution in [0.3, 0.4) is 0 Å². The van der Waals surface area contributed by atoms with Gasteiger partial charge in [-0.15, -0.1) is 0 Å². The SMILES string of the molecule is CC(CN1CCOCC1(C)C)[C@H]1CC[C@H]2C(=CC=C3C[C@@H](O)C[C@H](O)C3)CCC[C@]12C. The lowest BCUT2D eigenvalue weighted by Crippen LogP contribution is -2.55. The van der Waals surface area contributed by atoms with Gasteiger partial charge in [-0.3, -0.25) is 4.90 Å². The van der Waals surface area contributed by atoms with Crippen LogP contribution in [0.25, 0.3) is 0 Å². The first kappa shape index (κ1) is 23.5. The lowest BCUT2D eigenvalue weighted by atomic mass is 9.61. The van der Waals surface area contributed by atoms with E-state index < -0.39 is 0 Å². The fraction of sp³-hybridized carbons (Fsp3) is 0.852. The Hall–Kier alpha value is -0.680. The summed E-state index contributed by atoms with van der Waals surface area (Å²) in [4.78, 5) is 2.67. The molecule has 0 aromatic heterocycles. The Morgan fingerprint density at radius 2 is 1.87 bits per heavy atom. The Kier molecular flexibility index (Phi) is 7.03. The summed E-state index contributed by atoms with van der Waals surface area (Å²) >= 11 is 0. The van der Waals surface area contributed by atoms with E-state index in [0.717, 1.165) is 38.5 Å². The minimum absolute atomic E-state index is 0.143. The molecule has 4 fully saturated rings. The summed E-state index contributed by atoms with van der Waals surface area (Å²) in [6, 6.07) is 0. The second-order valence-corrected chi connectivity index (χ2v) is 11.9. The van der Waals surface area contributed by atoms with E-state index in [1.807, 2.05) is 0 Å². The highest BCUT2D eigenvalue weighted by Crippen LogP contribution is 2.59. The maximum absolute atomic E-state index is 10.0. The molecule has 0 bridgehead atoms. The molecule has 0 aromatic rings. The summed E-state index contributed by atoms with van der Waals surface area (Å²) in [5.41, 5.74) is 3.38. The van der Waals surface area contributed by atoms with Crippen LogP contribution in [0.4, 0.5) is 0 Å². The van der Waals surface area contributed by atoms with E-state index in [0.29, 0.717) is 23.7 Å². The van der Waals surface area contributed by atoms with Crippen LogP contribution < -0.4 is 0 Å². The molecule has 0 aromatic carbocycles. The molecule has 2 N–H and O–H groups in total. The number of ether oxygens (including phenoxy) is 1. The Balaban J connectivity index is 1.46. The summed E-state index contributed by atoms with van der Waals surface area (Å²) in [5.74, 6) is 2.18. The molecular weight excluding hydrogens is 386 g/mol. The second-order valence-electron chi connectivity index (χ2n) is 11.9. The summed E-state index contributed by atoms with van der Waals surface area (Å²) in [7, 11) is 0. The van der Waals surface area contributed by atoms with Crippen molar-refractivity contribution in [2.75, 3.05) is 26.3 Å². The van der Waals surface area contributed by atoms with Crippen LogP contribution in [0.15, 0.2) is 23.3 Å². The Bertz CT molecular complexity index is 687. The third-order valence-corrected chi connectivity index (χ3v) is 9.12. The van der Waals surface area contributed by atoms with Gasteiger partial charge in [0.25, 0.3) is 0 Å². The first-order valence-electron chi connectivity index (χ1n) is 12.8. The van der Waals surface area contributed by atoms with E-state index in [4.69, 9.17) is 4.74 Å². The van der Waals surface area contributed by atoms with Gasteiger partial charge in [0.2, 0.25) is 0 Å². The quantitative estimate of drug-likeness (QED) is 0.677. The Morgan fingerprint density at radius 3 is 2.58 bits per heavy atom. The molecule has 4 nitrogen and oxygen atoms in total. The lowest BCUT2D eigenvalue weighted by Gasteiger charge is -2.48. The molecule has 4 heteroatoms. The van der Waals surface area contributed by atoms with Crippen LogP contribution in [0, 0.1) is 23.2 Å². The van der Waals surface area contributed by atoms with E-state index in [-0.39, 0.29) is 17.7 Å². The molecule has 31 heavy (non-hydrogen) atoms. The monoisotopic (exact) mass is 431 g/mol. The topological polar surface area (TPSA) is 52.9 Å². The smallest absolute Gasteiger partial charge is 0.0645 e. The van der Waals surface area contributed by atoms with Gasteiger partial charge in [-0.25, -0.2) is 0 Å². The fourth-order valence-corrected chi connectivity index (χ4v) is 7.45. The van der Waals surface area contributed by atoms with E-state index in [1.54, 1.807) is 5.57 Å². The number of aliphatic hydroxyl groups excluding tert-OH is 2. The normalized spacial score (nSPS) is 41.2. The average molecular weight is 432 g/mol. The van der Waals surface area contributed by atoms with Crippen molar-refractivity contribution in [2.45, 2.75) is 96.8 Å². The third kappa shape index (κ3) is 4.98. The highest BCUT2D eigenvalue weighted by atomic mass is 16.5. The molecule has 0 spiro atoms. The van der Waals surface area contributed by atoms with Crippen LogP contribution in [0.2, 0.25) is 0 Å². The number of morpholine rings is 1. The van der Waals surface area contributed by atoms with Crippen molar-refractivity contribution in [2.24, 2.45) is 23.2 Å². The number of aliphatic hydroxyl groups is 2. The largest absolute Gasteiger partial charge is 0.393 e. The van der Waals surface area contributed by atoms with Gasteiger partial charge in [0.05, 0.1) is 25.4 Å². The van der Waals surface area contributed by atoms with Crippen molar-refractivity contribution < 1.29 is 14.9 Å². The van der Waals surface area contributed by atoms with Crippen molar-refractivity contribution in [1.82, 2.24) is 4.90 Å². The van der Waals surface area contributed by atoms with E-state index in [9.17, 15) is 10.2 Å². The Morgan fingerprint density at radius 1 is 1.13 bits per heavy atom. The first-order chi connectivity index (χ1) is 14.7. The first-order valence-corrected chi connectivity index (χ1v) is 12.8. The predicted molar refractivity (Wildman–Crippen MR) is 126 cm³/mol. The molecule has 1 unspecified atom stereocenters. The van der Waals surface area contributed by atoms with Crippen molar-refractivity contribution in [1.29, 1.82) is 0 Å². The van der Waals surface area contributed by atoms with Crippen LogP contribution in [0.1, 0.15) is 79.1 Å². The molecule has 4 rings (SSSR count). The maximum Gasteiger partial charge on any atom is 0.0645 e. The van der Waals surface area contributed by atoms with Crippen molar-refractivity contribution in [3.8, 4) is 0 Å². The van der Waals surface area contributed by atoms with Gasteiger partial charge < -0.3 is 14.9 Å². The zero-order valence-electron chi connectivity index (χ0n) is 20.3. The maximum atomic E-state index is 10.0. The number of hydrogen-bond donors (Lipinski definition) is 2. The van der Waals surface area contributed by atoms with Crippen molar-refractivity contribution >= 4 is 0 Å².